The topological polar surface area (TPSA) is 76.0 Å². The Hall–Kier alpha value is -2.44. The lowest BCUT2D eigenvalue weighted by molar-refractivity contribution is -0.147. The molecule has 1 aliphatic rings. The van der Waals surface area contributed by atoms with E-state index in [0.29, 0.717) is 25.0 Å². The summed E-state index contributed by atoms with van der Waals surface area (Å²) in [4.78, 5) is 11.5. The number of aliphatic hydroxyl groups excluding tert-OH is 2. The van der Waals surface area contributed by atoms with Crippen molar-refractivity contribution >= 4 is 5.97 Å². The largest absolute Gasteiger partial charge is 0.463 e. The molecule has 0 amide bonds. The lowest BCUT2D eigenvalue weighted by Gasteiger charge is -2.19. The Balaban J connectivity index is 1.82. The van der Waals surface area contributed by atoms with Gasteiger partial charge in [-0.25, -0.2) is 4.39 Å². The van der Waals surface area contributed by atoms with Crippen LogP contribution in [0.3, 0.4) is 0 Å². The molecule has 0 radical (unpaired) electrons. The predicted octanol–water partition coefficient (Wildman–Crippen LogP) is 4.86. The minimum atomic E-state index is -0.724. The first-order valence-electron chi connectivity index (χ1n) is 10.8. The van der Waals surface area contributed by atoms with E-state index < -0.39 is 18.0 Å². The van der Waals surface area contributed by atoms with E-state index in [1.165, 1.54) is 6.08 Å². The summed E-state index contributed by atoms with van der Waals surface area (Å²) in [6, 6.07) is 8.88. The number of para-hydroxylation sites is 1. The van der Waals surface area contributed by atoms with Crippen LogP contribution in [0.1, 0.15) is 46.0 Å². The molecule has 5 nitrogen and oxygen atoms in total. The van der Waals surface area contributed by atoms with Gasteiger partial charge in [0, 0.05) is 18.8 Å². The van der Waals surface area contributed by atoms with Crippen molar-refractivity contribution in [1.29, 1.82) is 0 Å². The fraction of sp³-hybridized carbons (Fsp3) is 0.480. The number of rotatable bonds is 11. The van der Waals surface area contributed by atoms with Crippen molar-refractivity contribution in [1.82, 2.24) is 0 Å². The summed E-state index contributed by atoms with van der Waals surface area (Å²) in [5.41, 5.74) is 0. The Kier molecular flexibility index (Phi) is 10.5. The highest BCUT2D eigenvalue weighted by Gasteiger charge is 2.39. The average Bonchev–Trinajstić information content (AvgIpc) is 3.00. The third-order valence-electron chi connectivity index (χ3n) is 5.14. The standard InChI is InChI=1S/C25H33FO5/c1-18(2)31-25(29)13-9-4-3-8-12-21-22(24(28)16-23(21)27)15-14-19(26)17-30-20-10-6-5-7-11-20/h3,5-8,10-11,14-15,17-18,21-24,27-28H,4,9,12-13,16H2,1-2H3/b8-3+,15-14+,19-17+/t21-,22-,23+,24-/m1/s1. The molecule has 0 heterocycles. The summed E-state index contributed by atoms with van der Waals surface area (Å²) >= 11 is 0. The molecule has 1 aliphatic carbocycles. The van der Waals surface area contributed by atoms with Crippen LogP contribution in [0.25, 0.3) is 0 Å². The van der Waals surface area contributed by atoms with Gasteiger partial charge in [0.25, 0.3) is 0 Å². The Bertz CT molecular complexity index is 756. The summed E-state index contributed by atoms with van der Waals surface area (Å²) in [7, 11) is 0. The number of esters is 1. The molecule has 0 aliphatic heterocycles. The molecule has 4 atom stereocenters. The molecule has 0 saturated heterocycles. The summed E-state index contributed by atoms with van der Waals surface area (Å²) in [6.45, 7) is 3.64. The maximum absolute atomic E-state index is 14.1. The summed E-state index contributed by atoms with van der Waals surface area (Å²) in [5, 5.41) is 20.5. The van der Waals surface area contributed by atoms with Crippen molar-refractivity contribution in [2.45, 2.75) is 64.3 Å². The second-order valence-electron chi connectivity index (χ2n) is 8.04. The van der Waals surface area contributed by atoms with Gasteiger partial charge in [0.05, 0.1) is 18.3 Å². The first-order valence-corrected chi connectivity index (χ1v) is 10.8. The van der Waals surface area contributed by atoms with E-state index in [0.717, 1.165) is 12.7 Å². The Morgan fingerprint density at radius 1 is 1.19 bits per heavy atom. The van der Waals surface area contributed by atoms with Gasteiger partial charge in [-0.2, -0.15) is 0 Å². The van der Waals surface area contributed by atoms with Crippen molar-refractivity contribution in [3.63, 3.8) is 0 Å². The van der Waals surface area contributed by atoms with Crippen LogP contribution in [-0.4, -0.2) is 34.5 Å². The van der Waals surface area contributed by atoms with Crippen LogP contribution in [-0.2, 0) is 9.53 Å². The first-order chi connectivity index (χ1) is 14.9. The minimum absolute atomic E-state index is 0.104. The molecule has 1 saturated carbocycles. The molecule has 170 valence electrons. The zero-order chi connectivity index (χ0) is 22.6. The summed E-state index contributed by atoms with van der Waals surface area (Å²) in [6.07, 6.45) is 8.95. The van der Waals surface area contributed by atoms with Crippen LogP contribution in [0.4, 0.5) is 4.39 Å². The van der Waals surface area contributed by atoms with E-state index in [2.05, 4.69) is 0 Å². The quantitative estimate of drug-likeness (QED) is 0.172. The third kappa shape index (κ3) is 9.07. The number of hydrogen-bond donors (Lipinski definition) is 2. The second kappa shape index (κ2) is 13.1. The van der Waals surface area contributed by atoms with Gasteiger partial charge in [0.2, 0.25) is 0 Å². The maximum atomic E-state index is 14.1. The van der Waals surface area contributed by atoms with Gasteiger partial charge in [-0.05, 0) is 57.2 Å². The Morgan fingerprint density at radius 2 is 1.94 bits per heavy atom. The molecule has 0 spiro atoms. The number of benzene rings is 1. The molecule has 0 aromatic heterocycles. The molecule has 1 fully saturated rings. The van der Waals surface area contributed by atoms with Crippen LogP contribution in [0.2, 0.25) is 0 Å². The predicted molar refractivity (Wildman–Crippen MR) is 118 cm³/mol. The molecule has 0 bridgehead atoms. The van der Waals surface area contributed by atoms with Gasteiger partial charge < -0.3 is 19.7 Å². The summed E-state index contributed by atoms with van der Waals surface area (Å²) < 4.78 is 24.4. The van der Waals surface area contributed by atoms with Crippen LogP contribution in [0.5, 0.6) is 5.75 Å². The Morgan fingerprint density at radius 3 is 2.65 bits per heavy atom. The monoisotopic (exact) mass is 432 g/mol. The lowest BCUT2D eigenvalue weighted by Crippen LogP contribution is -2.19. The van der Waals surface area contributed by atoms with Gasteiger partial charge in [0.15, 0.2) is 5.83 Å². The average molecular weight is 433 g/mol. The normalized spacial score (nSPS) is 24.4. The zero-order valence-corrected chi connectivity index (χ0v) is 18.2. The van der Waals surface area contributed by atoms with E-state index in [4.69, 9.17) is 9.47 Å². The van der Waals surface area contributed by atoms with Crippen molar-refractivity contribution in [3.05, 3.63) is 66.7 Å². The fourth-order valence-electron chi connectivity index (χ4n) is 3.63. The van der Waals surface area contributed by atoms with Gasteiger partial charge >= 0.3 is 5.97 Å². The summed E-state index contributed by atoms with van der Waals surface area (Å²) in [5.74, 6) is -0.787. The van der Waals surface area contributed by atoms with Crippen molar-refractivity contribution < 1.29 is 28.9 Å². The molecular weight excluding hydrogens is 399 g/mol. The molecule has 31 heavy (non-hydrogen) atoms. The van der Waals surface area contributed by atoms with E-state index in [9.17, 15) is 19.4 Å². The molecular formula is C25H33FO5. The van der Waals surface area contributed by atoms with E-state index in [1.54, 1.807) is 30.3 Å². The third-order valence-corrected chi connectivity index (χ3v) is 5.14. The van der Waals surface area contributed by atoms with E-state index >= 15 is 0 Å². The van der Waals surface area contributed by atoms with Crippen molar-refractivity contribution in [2.75, 3.05) is 0 Å². The zero-order valence-electron chi connectivity index (χ0n) is 18.2. The van der Waals surface area contributed by atoms with Crippen molar-refractivity contribution in [3.8, 4) is 5.75 Å². The smallest absolute Gasteiger partial charge is 0.306 e. The minimum Gasteiger partial charge on any atom is -0.463 e. The van der Waals surface area contributed by atoms with E-state index in [-0.39, 0.29) is 30.3 Å². The fourth-order valence-corrected chi connectivity index (χ4v) is 3.63. The maximum Gasteiger partial charge on any atom is 0.306 e. The highest BCUT2D eigenvalue weighted by atomic mass is 19.1. The highest BCUT2D eigenvalue weighted by molar-refractivity contribution is 5.69. The number of unbranched alkanes of at least 4 members (excludes halogenated alkanes) is 1. The van der Waals surface area contributed by atoms with Gasteiger partial charge in [-0.1, -0.05) is 36.4 Å². The van der Waals surface area contributed by atoms with Crippen LogP contribution in [0.15, 0.2) is 66.7 Å². The van der Waals surface area contributed by atoms with Gasteiger partial charge in [0.1, 0.15) is 12.0 Å². The van der Waals surface area contributed by atoms with Crippen LogP contribution in [0, 0.1) is 11.8 Å². The van der Waals surface area contributed by atoms with Crippen LogP contribution >= 0.6 is 0 Å². The number of allylic oxidation sites excluding steroid dienone is 4. The SMILES string of the molecule is CC(C)OC(=O)CCC/C=C/C[C@@H]1[C@@H](/C=C/C(F)=C\Oc2ccccc2)[C@H](O)C[C@@H]1O. The molecule has 2 N–H and O–H groups in total. The molecule has 6 heteroatoms. The molecule has 1 aromatic carbocycles. The molecule has 2 rings (SSSR count). The van der Waals surface area contributed by atoms with Crippen molar-refractivity contribution in [2.24, 2.45) is 11.8 Å². The number of ether oxygens (including phenoxy) is 2. The van der Waals surface area contributed by atoms with Crippen LogP contribution < -0.4 is 4.74 Å². The number of aliphatic hydroxyl groups is 2. The van der Waals surface area contributed by atoms with Gasteiger partial charge in [-0.3, -0.25) is 4.79 Å². The molecule has 0 unspecified atom stereocenters. The number of carbonyl (C=O) groups excluding carboxylic acids is 1. The highest BCUT2D eigenvalue weighted by Crippen LogP contribution is 2.36. The number of halogens is 1. The molecule has 1 aromatic rings. The Labute approximate surface area is 183 Å². The van der Waals surface area contributed by atoms with Gasteiger partial charge in [-0.15, -0.1) is 0 Å². The lowest BCUT2D eigenvalue weighted by atomic mass is 9.90. The first kappa shape index (κ1) is 24.8. The number of hydrogen-bond acceptors (Lipinski definition) is 5. The second-order valence-corrected chi connectivity index (χ2v) is 8.04. The number of carbonyl (C=O) groups is 1. The van der Waals surface area contributed by atoms with E-state index in [1.807, 2.05) is 32.1 Å².